The molecule has 13 aromatic carbocycles. The predicted octanol–water partition coefficient (Wildman–Crippen LogP) is 19.3. The molecule has 0 fully saturated rings. The van der Waals surface area contributed by atoms with Crippen LogP contribution in [0, 0.1) is 0 Å². The van der Waals surface area contributed by atoms with E-state index < -0.39 is 0 Å². The Morgan fingerprint density at radius 3 is 0.691 bits per heavy atom. The maximum Gasteiger partial charge on any atom is -0.00255 e. The van der Waals surface area contributed by atoms with Crippen molar-refractivity contribution in [2.75, 3.05) is 0 Å². The summed E-state index contributed by atoms with van der Waals surface area (Å²) in [6.45, 7) is 9.21. The Morgan fingerprint density at radius 1 is 0.221 bits per heavy atom. The third-order valence-electron chi connectivity index (χ3n) is 15.4. The standard InChI is InChI=1S/C68H52/c1-5-41-25-29-45-17-9-13-21-55(45)63(41)51-33-49-34-52(64-42(6-2)26-30-46-18-10-14-22-56(46)64)39-61-62-40-54(66-44(8-4)28-32-48-20-12-16-24-58(48)66)36-50-35-53(38-60(68(50)62)59(37-51)67(49)61)65-43(7-3)27-31-47-19-11-15-23-57(47)65/h9-40H,5-8H2,1-4H3. The molecule has 0 radical (unpaired) electrons. The minimum Gasteiger partial charge on any atom is -0.0616 e. The molecule has 0 amide bonds. The molecule has 0 aliphatic carbocycles. The zero-order valence-corrected chi connectivity index (χ0v) is 39.3. The second-order valence-electron chi connectivity index (χ2n) is 19.0. The molecule has 0 spiro atoms. The average Bonchev–Trinajstić information content (AvgIpc) is 3.40. The first-order valence-corrected chi connectivity index (χ1v) is 24.8. The van der Waals surface area contributed by atoms with Gasteiger partial charge >= 0.3 is 0 Å². The fourth-order valence-electron chi connectivity index (χ4n) is 12.3. The van der Waals surface area contributed by atoms with Crippen LogP contribution in [0.5, 0.6) is 0 Å². The molecule has 13 rings (SSSR count). The maximum absolute atomic E-state index is 2.56. The molecule has 0 aromatic heterocycles. The van der Waals surface area contributed by atoms with Crippen LogP contribution in [0.3, 0.4) is 0 Å². The van der Waals surface area contributed by atoms with Crippen molar-refractivity contribution in [2.45, 2.75) is 53.4 Å². The third-order valence-corrected chi connectivity index (χ3v) is 15.4. The number of hydrogen-bond donors (Lipinski definition) is 0. The Bertz CT molecular complexity index is 3650. The van der Waals surface area contributed by atoms with Crippen LogP contribution < -0.4 is 0 Å². The van der Waals surface area contributed by atoms with Crippen LogP contribution in [0.1, 0.15) is 49.9 Å². The molecule has 0 atom stereocenters. The second-order valence-corrected chi connectivity index (χ2v) is 19.0. The summed E-state index contributed by atoms with van der Waals surface area (Å²) >= 11 is 0. The van der Waals surface area contributed by atoms with Crippen molar-refractivity contribution in [3.63, 3.8) is 0 Å². The predicted molar refractivity (Wildman–Crippen MR) is 297 cm³/mol. The molecule has 0 aliphatic rings. The van der Waals surface area contributed by atoms with Gasteiger partial charge in [-0.05, 0) is 227 Å². The van der Waals surface area contributed by atoms with Crippen molar-refractivity contribution in [3.05, 3.63) is 216 Å². The van der Waals surface area contributed by atoms with Gasteiger partial charge in [-0.3, -0.25) is 0 Å². The van der Waals surface area contributed by atoms with Gasteiger partial charge in [0.2, 0.25) is 0 Å². The number of rotatable bonds is 8. The van der Waals surface area contributed by atoms with Crippen LogP contribution in [0.2, 0.25) is 0 Å². The molecule has 0 N–H and O–H groups in total. The molecule has 0 saturated heterocycles. The highest BCUT2D eigenvalue weighted by atomic mass is 14.3. The molecule has 0 nitrogen and oxygen atoms in total. The number of hydrogen-bond acceptors (Lipinski definition) is 0. The number of benzene rings is 13. The monoisotopic (exact) mass is 868 g/mol. The molecule has 0 heterocycles. The highest BCUT2D eigenvalue weighted by Gasteiger charge is 2.23. The van der Waals surface area contributed by atoms with Crippen LogP contribution in [0.15, 0.2) is 194 Å². The van der Waals surface area contributed by atoms with Gasteiger partial charge in [-0.2, -0.15) is 0 Å². The summed E-state index contributed by atoms with van der Waals surface area (Å²) in [4.78, 5) is 0. The van der Waals surface area contributed by atoms with E-state index in [0.717, 1.165) is 25.7 Å². The first kappa shape index (κ1) is 40.5. The average molecular weight is 869 g/mol. The van der Waals surface area contributed by atoms with Crippen molar-refractivity contribution in [1.82, 2.24) is 0 Å². The minimum atomic E-state index is 0.953. The lowest BCUT2D eigenvalue weighted by Crippen LogP contribution is -1.96. The van der Waals surface area contributed by atoms with E-state index in [1.165, 1.54) is 153 Å². The summed E-state index contributed by atoms with van der Waals surface area (Å²) < 4.78 is 0. The summed E-state index contributed by atoms with van der Waals surface area (Å²) in [6.07, 6.45) is 3.81. The Hall–Kier alpha value is -7.80. The van der Waals surface area contributed by atoms with Crippen LogP contribution in [0.25, 0.3) is 131 Å². The van der Waals surface area contributed by atoms with Gasteiger partial charge < -0.3 is 0 Å². The lowest BCUT2D eigenvalue weighted by Gasteiger charge is -2.22. The quantitative estimate of drug-likeness (QED) is 0.105. The van der Waals surface area contributed by atoms with Gasteiger partial charge in [0.25, 0.3) is 0 Å². The molecule has 68 heavy (non-hydrogen) atoms. The molecule has 13 aromatic rings. The number of aryl methyl sites for hydroxylation is 4. The fraction of sp³-hybridized carbons (Fsp3) is 0.118. The maximum atomic E-state index is 2.56. The van der Waals surface area contributed by atoms with Crippen LogP contribution in [-0.2, 0) is 25.7 Å². The lowest BCUT2D eigenvalue weighted by atomic mass is 9.81. The van der Waals surface area contributed by atoms with E-state index >= 15 is 0 Å². The zero-order chi connectivity index (χ0) is 45.6. The molecule has 0 bridgehead atoms. The van der Waals surface area contributed by atoms with Gasteiger partial charge in [-0.1, -0.05) is 173 Å². The van der Waals surface area contributed by atoms with Crippen LogP contribution in [-0.4, -0.2) is 0 Å². The molecule has 0 unspecified atom stereocenters. The van der Waals surface area contributed by atoms with E-state index in [1.807, 2.05) is 0 Å². The van der Waals surface area contributed by atoms with Gasteiger partial charge in [0.05, 0.1) is 0 Å². The Balaban J connectivity index is 1.26. The zero-order valence-electron chi connectivity index (χ0n) is 39.3. The SMILES string of the molecule is CCc1ccc2ccccc2c1-c1cc2cc(-c3c(CC)ccc4ccccc34)cc3c4cc(-c5c(CC)ccc6ccccc56)cc5cc(-c6c(CC)ccc7ccccc67)cc(c(c1)c23)c54. The topological polar surface area (TPSA) is 0 Å². The van der Waals surface area contributed by atoms with E-state index in [9.17, 15) is 0 Å². The molecule has 0 saturated carbocycles. The first-order valence-electron chi connectivity index (χ1n) is 24.8. The van der Waals surface area contributed by atoms with Crippen LogP contribution >= 0.6 is 0 Å². The Kier molecular flexibility index (Phi) is 9.48. The summed E-state index contributed by atoms with van der Waals surface area (Å²) in [5.74, 6) is 0. The smallest absolute Gasteiger partial charge is 0.00255 e. The van der Waals surface area contributed by atoms with E-state index in [2.05, 4.69) is 222 Å². The van der Waals surface area contributed by atoms with Gasteiger partial charge in [-0.25, -0.2) is 0 Å². The van der Waals surface area contributed by atoms with E-state index in [4.69, 9.17) is 0 Å². The van der Waals surface area contributed by atoms with Gasteiger partial charge in [0.1, 0.15) is 0 Å². The summed E-state index contributed by atoms with van der Waals surface area (Å²) in [6, 6.07) is 74.9. The van der Waals surface area contributed by atoms with Crippen molar-refractivity contribution in [1.29, 1.82) is 0 Å². The third kappa shape index (κ3) is 6.13. The Labute approximate surface area is 398 Å². The molecule has 0 aliphatic heterocycles. The minimum absolute atomic E-state index is 0.953. The van der Waals surface area contributed by atoms with Crippen molar-refractivity contribution < 1.29 is 0 Å². The molecule has 324 valence electrons. The van der Waals surface area contributed by atoms with Gasteiger partial charge in [-0.15, -0.1) is 0 Å². The molecule has 0 heteroatoms. The molecular formula is C68H52. The van der Waals surface area contributed by atoms with Crippen molar-refractivity contribution in [3.8, 4) is 44.5 Å². The fourth-order valence-corrected chi connectivity index (χ4v) is 12.3. The largest absolute Gasteiger partial charge is 0.0616 e. The van der Waals surface area contributed by atoms with Gasteiger partial charge in [0.15, 0.2) is 0 Å². The summed E-state index contributed by atoms with van der Waals surface area (Å²) in [5, 5.41) is 20.8. The van der Waals surface area contributed by atoms with E-state index in [1.54, 1.807) is 0 Å². The lowest BCUT2D eigenvalue weighted by molar-refractivity contribution is 1.15. The molecular weight excluding hydrogens is 817 g/mol. The van der Waals surface area contributed by atoms with Crippen molar-refractivity contribution >= 4 is 86.2 Å². The number of fused-ring (bicyclic) bond motifs is 6. The highest BCUT2D eigenvalue weighted by molar-refractivity contribution is 6.35. The van der Waals surface area contributed by atoms with E-state index in [0.29, 0.717) is 0 Å². The normalized spacial score (nSPS) is 12.1. The van der Waals surface area contributed by atoms with E-state index in [-0.39, 0.29) is 0 Å². The van der Waals surface area contributed by atoms with Gasteiger partial charge in [0, 0.05) is 0 Å². The Morgan fingerprint density at radius 2 is 0.456 bits per heavy atom. The van der Waals surface area contributed by atoms with Crippen molar-refractivity contribution in [2.24, 2.45) is 0 Å². The summed E-state index contributed by atoms with van der Waals surface area (Å²) in [7, 11) is 0. The highest BCUT2D eigenvalue weighted by Crippen LogP contribution is 2.50. The first-order chi connectivity index (χ1) is 33.5. The second kappa shape index (κ2) is 15.9. The van der Waals surface area contributed by atoms with Crippen LogP contribution in [0.4, 0.5) is 0 Å². The summed E-state index contributed by atoms with van der Waals surface area (Å²) in [5.41, 5.74) is 16.0.